The van der Waals surface area contributed by atoms with E-state index in [0.29, 0.717) is 53.3 Å². The lowest BCUT2D eigenvalue weighted by Crippen LogP contribution is -2.51. The molecule has 9 nitrogen and oxygen atoms in total. The Hall–Kier alpha value is -1.82. The second kappa shape index (κ2) is 9.67. The number of amides is 1. The molecule has 2 aromatic heterocycles. The van der Waals surface area contributed by atoms with Crippen LogP contribution >= 0.6 is 11.3 Å². The van der Waals surface area contributed by atoms with Gasteiger partial charge in [0.05, 0.1) is 9.77 Å². The molecule has 1 amide bonds. The van der Waals surface area contributed by atoms with E-state index in [9.17, 15) is 13.2 Å². The number of hydrogen-bond donors (Lipinski definition) is 0. The smallest absolute Gasteiger partial charge is 0.244 e. The summed E-state index contributed by atoms with van der Waals surface area (Å²) in [6.07, 6.45) is 4.45. The molecule has 3 aliphatic rings. The van der Waals surface area contributed by atoms with Gasteiger partial charge in [-0.15, -0.1) is 11.3 Å². The molecule has 0 N–H and O–H groups in total. The minimum absolute atomic E-state index is 0.0944. The lowest BCUT2D eigenvalue weighted by Gasteiger charge is -2.38. The van der Waals surface area contributed by atoms with Crippen LogP contribution in [0.1, 0.15) is 55.7 Å². The molecule has 0 bridgehead atoms. The Morgan fingerprint density at radius 1 is 1.12 bits per heavy atom. The summed E-state index contributed by atoms with van der Waals surface area (Å²) < 4.78 is 33.8. The number of carbonyl (C=O) groups is 1. The number of carbonyl (C=O) groups excluding carboxylic acids is 1. The number of nitrogens with zero attached hydrogens (tertiary/aromatic N) is 5. The fourth-order valence-electron chi connectivity index (χ4n) is 5.01. The lowest BCUT2D eigenvalue weighted by atomic mass is 9.85. The van der Waals surface area contributed by atoms with Gasteiger partial charge in [0.15, 0.2) is 0 Å². The average molecular weight is 508 g/mol. The van der Waals surface area contributed by atoms with Crippen molar-refractivity contribution in [1.82, 2.24) is 24.2 Å². The Kier molecular flexibility index (Phi) is 6.80. The zero-order valence-corrected chi connectivity index (χ0v) is 21.5. The second-order valence-electron chi connectivity index (χ2n) is 9.55. The summed E-state index contributed by atoms with van der Waals surface area (Å²) in [5.74, 6) is 1.54. The first-order valence-corrected chi connectivity index (χ1v) is 14.6. The number of likely N-dealkylation sites (N-methyl/N-ethyl adjacent to an activating group) is 1. The van der Waals surface area contributed by atoms with E-state index in [2.05, 4.69) is 22.0 Å². The highest BCUT2D eigenvalue weighted by Crippen LogP contribution is 2.38. The number of sulfonamides is 1. The van der Waals surface area contributed by atoms with Crippen LogP contribution in [0.25, 0.3) is 10.7 Å². The van der Waals surface area contributed by atoms with Crippen molar-refractivity contribution in [3.05, 3.63) is 16.8 Å². The van der Waals surface area contributed by atoms with Crippen LogP contribution in [-0.4, -0.2) is 84.4 Å². The molecular weight excluding hydrogens is 474 g/mol. The number of piperidine rings is 1. The van der Waals surface area contributed by atoms with Gasteiger partial charge in [-0.2, -0.15) is 9.29 Å². The number of piperazine rings is 1. The van der Waals surface area contributed by atoms with E-state index in [-0.39, 0.29) is 11.8 Å². The SMILES string of the molecule is CCN1CCN(C(=O)C2CCN(S(=O)(=O)c3cc(-c4noc(C5CCC5)n4)sc3C)CC2)CC1. The largest absolute Gasteiger partial charge is 0.340 e. The Balaban J connectivity index is 1.23. The van der Waals surface area contributed by atoms with Crippen LogP contribution in [0.15, 0.2) is 15.5 Å². The number of thiophene rings is 1. The molecule has 3 fully saturated rings. The summed E-state index contributed by atoms with van der Waals surface area (Å²) in [4.78, 5) is 23.5. The quantitative estimate of drug-likeness (QED) is 0.593. The molecule has 4 heterocycles. The van der Waals surface area contributed by atoms with Crippen molar-refractivity contribution < 1.29 is 17.7 Å². The predicted octanol–water partition coefficient (Wildman–Crippen LogP) is 2.94. The molecule has 5 rings (SSSR count). The molecule has 0 spiro atoms. The van der Waals surface area contributed by atoms with Gasteiger partial charge in [-0.1, -0.05) is 18.5 Å². The topological polar surface area (TPSA) is 99.8 Å². The third-order valence-corrected chi connectivity index (χ3v) is 10.7. The first-order valence-electron chi connectivity index (χ1n) is 12.3. The summed E-state index contributed by atoms with van der Waals surface area (Å²) in [6, 6.07) is 1.68. The maximum atomic E-state index is 13.4. The first kappa shape index (κ1) is 23.9. The van der Waals surface area contributed by atoms with Crippen LogP contribution in [-0.2, 0) is 14.8 Å². The van der Waals surface area contributed by atoms with E-state index >= 15 is 0 Å². The van der Waals surface area contributed by atoms with E-state index in [0.717, 1.165) is 50.4 Å². The molecule has 0 unspecified atom stereocenters. The number of aryl methyl sites for hydroxylation is 1. The normalized spacial score (nSPS) is 21.6. The molecule has 186 valence electrons. The van der Waals surface area contributed by atoms with Crippen molar-refractivity contribution in [3.8, 4) is 10.7 Å². The van der Waals surface area contributed by atoms with Gasteiger partial charge >= 0.3 is 0 Å². The Morgan fingerprint density at radius 3 is 2.44 bits per heavy atom. The fraction of sp³-hybridized carbons (Fsp3) is 0.696. The number of hydrogen-bond acceptors (Lipinski definition) is 8. The first-order chi connectivity index (χ1) is 16.4. The monoisotopic (exact) mass is 507 g/mol. The molecular formula is C23H33N5O4S2. The standard InChI is InChI=1S/C23H33N5O4S2/c1-3-26-11-13-27(14-12-26)23(29)18-7-9-28(10-8-18)34(30,31)20-15-19(33-16(20)2)21-24-22(32-25-21)17-5-4-6-17/h15,17-18H,3-14H2,1-2H3. The van der Waals surface area contributed by atoms with Crippen LogP contribution in [0, 0.1) is 12.8 Å². The van der Waals surface area contributed by atoms with Crippen molar-refractivity contribution in [1.29, 1.82) is 0 Å². The number of aromatic nitrogens is 2. The molecule has 34 heavy (non-hydrogen) atoms. The maximum absolute atomic E-state index is 13.4. The van der Waals surface area contributed by atoms with Crippen LogP contribution in [0.5, 0.6) is 0 Å². The molecule has 2 saturated heterocycles. The highest BCUT2D eigenvalue weighted by Gasteiger charge is 2.36. The molecule has 0 atom stereocenters. The Morgan fingerprint density at radius 2 is 1.82 bits per heavy atom. The summed E-state index contributed by atoms with van der Waals surface area (Å²) in [5, 5.41) is 4.09. The van der Waals surface area contributed by atoms with Crippen molar-refractivity contribution >= 4 is 27.3 Å². The highest BCUT2D eigenvalue weighted by molar-refractivity contribution is 7.89. The van der Waals surface area contributed by atoms with Gasteiger partial charge in [-0.05, 0) is 45.2 Å². The highest BCUT2D eigenvalue weighted by atomic mass is 32.2. The molecule has 0 radical (unpaired) electrons. The van der Waals surface area contributed by atoms with Gasteiger partial charge in [0.25, 0.3) is 0 Å². The predicted molar refractivity (Wildman–Crippen MR) is 129 cm³/mol. The zero-order chi connectivity index (χ0) is 23.9. The van der Waals surface area contributed by atoms with Gasteiger partial charge in [0.1, 0.15) is 0 Å². The Bertz CT molecular complexity index is 1120. The van der Waals surface area contributed by atoms with Gasteiger partial charge in [-0.25, -0.2) is 8.42 Å². The average Bonchev–Trinajstić information content (AvgIpc) is 3.45. The minimum atomic E-state index is -3.64. The maximum Gasteiger partial charge on any atom is 0.244 e. The van der Waals surface area contributed by atoms with E-state index in [1.807, 2.05) is 11.8 Å². The summed E-state index contributed by atoms with van der Waals surface area (Å²) in [5.41, 5.74) is 0. The Labute approximate surface area is 205 Å². The lowest BCUT2D eigenvalue weighted by molar-refractivity contribution is -0.138. The van der Waals surface area contributed by atoms with Gasteiger partial charge < -0.3 is 14.3 Å². The third-order valence-electron chi connectivity index (χ3n) is 7.54. The fourth-order valence-corrected chi connectivity index (χ4v) is 7.97. The van der Waals surface area contributed by atoms with Crippen LogP contribution in [0.3, 0.4) is 0 Å². The van der Waals surface area contributed by atoms with E-state index in [1.165, 1.54) is 22.1 Å². The van der Waals surface area contributed by atoms with Gasteiger partial charge in [-0.3, -0.25) is 4.79 Å². The molecule has 11 heteroatoms. The molecule has 1 saturated carbocycles. The van der Waals surface area contributed by atoms with Crippen LogP contribution < -0.4 is 0 Å². The van der Waals surface area contributed by atoms with Crippen molar-refractivity contribution in [2.45, 2.75) is 56.8 Å². The molecule has 2 aromatic rings. The van der Waals surface area contributed by atoms with Crippen LogP contribution in [0.2, 0.25) is 0 Å². The van der Waals surface area contributed by atoms with E-state index in [4.69, 9.17) is 4.52 Å². The van der Waals surface area contributed by atoms with Gasteiger partial charge in [0, 0.05) is 56.0 Å². The third kappa shape index (κ3) is 4.55. The van der Waals surface area contributed by atoms with Gasteiger partial charge in [0.2, 0.25) is 27.6 Å². The van der Waals surface area contributed by atoms with Crippen LogP contribution in [0.4, 0.5) is 0 Å². The van der Waals surface area contributed by atoms with Crippen molar-refractivity contribution in [3.63, 3.8) is 0 Å². The second-order valence-corrected chi connectivity index (χ2v) is 12.7. The molecule has 0 aromatic carbocycles. The summed E-state index contributed by atoms with van der Waals surface area (Å²) >= 11 is 1.38. The molecule has 2 aliphatic heterocycles. The van der Waals surface area contributed by atoms with Crippen molar-refractivity contribution in [2.75, 3.05) is 45.8 Å². The minimum Gasteiger partial charge on any atom is -0.340 e. The molecule has 1 aliphatic carbocycles. The van der Waals surface area contributed by atoms with Crippen molar-refractivity contribution in [2.24, 2.45) is 5.92 Å². The zero-order valence-electron chi connectivity index (χ0n) is 19.9. The van der Waals surface area contributed by atoms with E-state index < -0.39 is 10.0 Å². The summed E-state index contributed by atoms with van der Waals surface area (Å²) in [6.45, 7) is 9.06. The summed E-state index contributed by atoms with van der Waals surface area (Å²) in [7, 11) is -3.64. The van der Waals surface area contributed by atoms with E-state index in [1.54, 1.807) is 6.07 Å². The number of rotatable bonds is 6.